The van der Waals surface area contributed by atoms with Gasteiger partial charge in [-0.3, -0.25) is 0 Å². The highest BCUT2D eigenvalue weighted by atomic mass is 35.5. The fourth-order valence-corrected chi connectivity index (χ4v) is 3.69. The molecule has 1 aliphatic rings. The summed E-state index contributed by atoms with van der Waals surface area (Å²) in [7, 11) is -3.82. The van der Waals surface area contributed by atoms with Gasteiger partial charge in [0.1, 0.15) is 5.75 Å². The zero-order chi connectivity index (χ0) is 17.3. The Labute approximate surface area is 138 Å². The summed E-state index contributed by atoms with van der Waals surface area (Å²) in [5.74, 6) is -0.585. The average molecular weight is 368 g/mol. The number of rotatable bonds is 5. The van der Waals surface area contributed by atoms with Gasteiger partial charge >= 0.3 is 6.61 Å². The number of sulfone groups is 1. The highest BCUT2D eigenvalue weighted by Gasteiger charge is 2.39. The Kier molecular flexibility index (Phi) is 5.15. The van der Waals surface area contributed by atoms with Crippen LogP contribution in [0.2, 0.25) is 0 Å². The van der Waals surface area contributed by atoms with Crippen molar-refractivity contribution >= 4 is 26.5 Å². The molecule has 5 nitrogen and oxygen atoms in total. The lowest BCUT2D eigenvalue weighted by atomic mass is 10.1. The van der Waals surface area contributed by atoms with Gasteiger partial charge in [0, 0.05) is 12.0 Å². The summed E-state index contributed by atoms with van der Waals surface area (Å²) in [6.07, 6.45) is 0.0374. The highest BCUT2D eigenvalue weighted by Crippen LogP contribution is 2.30. The minimum atomic E-state index is -3.82. The first-order chi connectivity index (χ1) is 10.6. The van der Waals surface area contributed by atoms with Crippen molar-refractivity contribution in [3.8, 4) is 5.75 Å². The van der Waals surface area contributed by atoms with Crippen LogP contribution in [0.3, 0.4) is 0 Å². The molecular formula is C14H16ClF2NO4S. The molecule has 0 amide bonds. The van der Waals surface area contributed by atoms with Crippen molar-refractivity contribution in [1.82, 2.24) is 0 Å². The van der Waals surface area contributed by atoms with E-state index in [9.17, 15) is 17.2 Å². The van der Waals surface area contributed by atoms with E-state index in [2.05, 4.69) is 9.89 Å². The van der Waals surface area contributed by atoms with Crippen LogP contribution in [0.15, 0.2) is 23.4 Å². The van der Waals surface area contributed by atoms with Crippen LogP contribution in [0.1, 0.15) is 24.5 Å². The topological polar surface area (TPSA) is 65.0 Å². The molecule has 1 heterocycles. The minimum Gasteiger partial charge on any atom is -0.435 e. The first-order valence-electron chi connectivity index (χ1n) is 6.73. The fourth-order valence-electron chi connectivity index (χ4n) is 2.06. The molecule has 1 aromatic carbocycles. The van der Waals surface area contributed by atoms with Crippen molar-refractivity contribution < 1.29 is 26.8 Å². The van der Waals surface area contributed by atoms with Gasteiger partial charge in [-0.25, -0.2) is 8.42 Å². The van der Waals surface area contributed by atoms with Crippen molar-refractivity contribution in [3.63, 3.8) is 0 Å². The van der Waals surface area contributed by atoms with Crippen molar-refractivity contribution in [2.24, 2.45) is 5.16 Å². The summed E-state index contributed by atoms with van der Waals surface area (Å²) in [5.41, 5.74) is -0.0596. The van der Waals surface area contributed by atoms with Gasteiger partial charge in [-0.2, -0.15) is 8.78 Å². The van der Waals surface area contributed by atoms with Crippen LogP contribution in [-0.4, -0.2) is 31.6 Å². The number of hydrogen-bond acceptors (Lipinski definition) is 5. The number of nitrogens with zero attached hydrogens (tertiary/aromatic N) is 1. The van der Waals surface area contributed by atoms with E-state index in [0.29, 0.717) is 5.56 Å². The van der Waals surface area contributed by atoms with Crippen LogP contribution < -0.4 is 4.74 Å². The van der Waals surface area contributed by atoms with Crippen molar-refractivity contribution in [1.29, 1.82) is 0 Å². The molecule has 1 aliphatic heterocycles. The van der Waals surface area contributed by atoms with Crippen LogP contribution in [0.25, 0.3) is 0 Å². The molecule has 0 aromatic heterocycles. The molecule has 128 valence electrons. The van der Waals surface area contributed by atoms with Crippen molar-refractivity contribution in [2.75, 3.05) is 5.88 Å². The van der Waals surface area contributed by atoms with E-state index >= 15 is 0 Å². The molecule has 0 saturated carbocycles. The maximum atomic E-state index is 12.5. The van der Waals surface area contributed by atoms with Crippen molar-refractivity contribution in [3.05, 3.63) is 29.3 Å². The second-order valence-corrected chi connectivity index (χ2v) is 7.84. The molecule has 1 aromatic rings. The summed E-state index contributed by atoms with van der Waals surface area (Å²) in [6.45, 7) is 0.297. The predicted molar refractivity (Wildman–Crippen MR) is 82.7 cm³/mol. The quantitative estimate of drug-likeness (QED) is 0.749. The van der Waals surface area contributed by atoms with E-state index in [1.54, 1.807) is 19.9 Å². The molecule has 0 N–H and O–H groups in total. The molecule has 9 heteroatoms. The normalized spacial score (nSPS) is 21.2. The van der Waals surface area contributed by atoms with E-state index in [1.807, 2.05) is 0 Å². The number of alkyl halides is 3. The lowest BCUT2D eigenvalue weighted by Crippen LogP contribution is -2.28. The molecule has 1 unspecified atom stereocenters. The van der Waals surface area contributed by atoms with Crippen molar-refractivity contribution in [2.45, 2.75) is 38.2 Å². The zero-order valence-corrected chi connectivity index (χ0v) is 14.1. The Bertz CT molecular complexity index is 723. The van der Waals surface area contributed by atoms with Gasteiger partial charge in [-0.15, -0.1) is 11.6 Å². The van der Waals surface area contributed by atoms with Crippen LogP contribution in [0, 0.1) is 6.92 Å². The van der Waals surface area contributed by atoms with E-state index in [1.165, 1.54) is 12.1 Å². The first kappa shape index (κ1) is 17.9. The van der Waals surface area contributed by atoms with Crippen LogP contribution in [0.5, 0.6) is 5.75 Å². The van der Waals surface area contributed by atoms with Gasteiger partial charge < -0.3 is 9.57 Å². The molecule has 1 atom stereocenters. The Hall–Kier alpha value is -1.41. The van der Waals surface area contributed by atoms with E-state index < -0.39 is 27.8 Å². The van der Waals surface area contributed by atoms with Gasteiger partial charge in [-0.05, 0) is 25.5 Å². The summed E-state index contributed by atoms with van der Waals surface area (Å²) >= 11 is 5.73. The summed E-state index contributed by atoms with van der Waals surface area (Å²) in [5, 5.41) is 3.44. The number of halogens is 3. The highest BCUT2D eigenvalue weighted by molar-refractivity contribution is 8.05. The molecule has 0 bridgehead atoms. The minimum absolute atomic E-state index is 0.0374. The average Bonchev–Trinajstić information content (AvgIpc) is 2.85. The number of oxime groups is 1. The van der Waals surface area contributed by atoms with Gasteiger partial charge in [0.05, 0.1) is 11.6 Å². The molecule has 23 heavy (non-hydrogen) atoms. The van der Waals surface area contributed by atoms with Crippen LogP contribution in [-0.2, 0) is 20.4 Å². The Morgan fingerprint density at radius 1 is 1.48 bits per heavy atom. The van der Waals surface area contributed by atoms with E-state index in [0.717, 1.165) is 0 Å². The molecule has 0 saturated heterocycles. The molecule has 0 aliphatic carbocycles. The van der Waals surface area contributed by atoms with Gasteiger partial charge in [-0.1, -0.05) is 17.3 Å². The van der Waals surface area contributed by atoms with E-state index in [4.69, 9.17) is 16.4 Å². The predicted octanol–water partition coefficient (Wildman–Crippen LogP) is 3.24. The Morgan fingerprint density at radius 3 is 2.74 bits per heavy atom. The number of ether oxygens (including phenoxy) is 1. The zero-order valence-electron chi connectivity index (χ0n) is 12.6. The molecular weight excluding hydrogens is 352 g/mol. The second kappa shape index (κ2) is 6.60. The van der Waals surface area contributed by atoms with Crippen LogP contribution >= 0.6 is 11.6 Å². The third kappa shape index (κ3) is 4.32. The largest absolute Gasteiger partial charge is 0.435 e. The monoisotopic (exact) mass is 367 g/mol. The summed E-state index contributed by atoms with van der Waals surface area (Å²) in [4.78, 5) is 5.07. The Morgan fingerprint density at radius 2 is 2.17 bits per heavy atom. The lowest BCUT2D eigenvalue weighted by molar-refractivity contribution is -0.0503. The standard InChI is InChI=1S/C14H16ClF2NO4S/c1-9-3-4-10(11(5-9)21-13(16)17)7-23(19,20)12-6-14(2,8-15)22-18-12/h3-5,13H,6-8H2,1-2H3. The number of benzene rings is 1. The van der Waals surface area contributed by atoms with Gasteiger partial charge in [0.15, 0.2) is 20.5 Å². The maximum absolute atomic E-state index is 12.5. The summed E-state index contributed by atoms with van der Waals surface area (Å²) < 4.78 is 54.2. The van der Waals surface area contributed by atoms with Gasteiger partial charge in [0.2, 0.25) is 0 Å². The molecule has 2 rings (SSSR count). The maximum Gasteiger partial charge on any atom is 0.387 e. The van der Waals surface area contributed by atoms with E-state index in [-0.39, 0.29) is 28.7 Å². The first-order valence-corrected chi connectivity index (χ1v) is 8.92. The Balaban J connectivity index is 2.25. The third-order valence-electron chi connectivity index (χ3n) is 3.32. The second-order valence-electron chi connectivity index (χ2n) is 5.59. The molecule has 0 spiro atoms. The van der Waals surface area contributed by atoms with Gasteiger partial charge in [0.25, 0.3) is 0 Å². The smallest absolute Gasteiger partial charge is 0.387 e. The number of aryl methyl sites for hydroxylation is 1. The summed E-state index contributed by atoms with van der Waals surface area (Å²) in [6, 6.07) is 4.44. The third-order valence-corrected chi connectivity index (χ3v) is 5.51. The fraction of sp³-hybridized carbons (Fsp3) is 0.500. The lowest BCUT2D eigenvalue weighted by Gasteiger charge is -2.16. The SMILES string of the molecule is Cc1ccc(CS(=O)(=O)C2=NOC(C)(CCl)C2)c(OC(F)F)c1. The van der Waals surface area contributed by atoms with Crippen LogP contribution in [0.4, 0.5) is 8.78 Å². The molecule has 0 fully saturated rings. The number of hydrogen-bond donors (Lipinski definition) is 0. The molecule has 0 radical (unpaired) electrons.